The molecular formula is C17H19N5O5. The highest BCUT2D eigenvalue weighted by molar-refractivity contribution is 5.75. The van der Waals surface area contributed by atoms with E-state index in [0.717, 1.165) is 0 Å². The number of piperidine rings is 1. The molecule has 1 aliphatic rings. The summed E-state index contributed by atoms with van der Waals surface area (Å²) in [6.07, 6.45) is 2.09. The Bertz CT molecular complexity index is 834. The van der Waals surface area contributed by atoms with Crippen LogP contribution in [-0.4, -0.2) is 46.2 Å². The fourth-order valence-corrected chi connectivity index (χ4v) is 3.01. The molecule has 1 saturated heterocycles. The van der Waals surface area contributed by atoms with Gasteiger partial charge in [-0.15, -0.1) is 0 Å². The normalized spacial score (nSPS) is 14.6. The van der Waals surface area contributed by atoms with Gasteiger partial charge in [-0.2, -0.15) is 0 Å². The second-order valence-electron chi connectivity index (χ2n) is 6.10. The fraction of sp³-hybridized carbons (Fsp3) is 0.353. The number of ether oxygens (including phenoxy) is 1. The molecule has 0 amide bonds. The predicted octanol–water partition coefficient (Wildman–Crippen LogP) is 2.44. The molecule has 0 unspecified atom stereocenters. The van der Waals surface area contributed by atoms with E-state index in [2.05, 4.69) is 15.3 Å². The third kappa shape index (κ3) is 4.05. The van der Waals surface area contributed by atoms with E-state index >= 15 is 0 Å². The van der Waals surface area contributed by atoms with E-state index in [4.69, 9.17) is 9.84 Å². The van der Waals surface area contributed by atoms with E-state index in [1.54, 1.807) is 36.3 Å². The molecule has 0 radical (unpaired) electrons. The highest BCUT2D eigenvalue weighted by atomic mass is 16.6. The summed E-state index contributed by atoms with van der Waals surface area (Å²) in [6, 6.07) is 6.91. The molecule has 2 heterocycles. The molecule has 2 N–H and O–H groups in total. The standard InChI is InChI=1S/C17H19N5O5/c1-27-13-4-2-12(3-5-13)20-15-14(22(25)26)16(19-10-18-15)21-8-6-11(7-9-21)17(23)24/h2-5,10-11H,6-9H2,1H3,(H,23,24)(H,18,19,20). The van der Waals surface area contributed by atoms with Crippen molar-refractivity contribution < 1.29 is 19.6 Å². The number of anilines is 3. The maximum absolute atomic E-state index is 11.7. The number of hydrogen-bond donors (Lipinski definition) is 2. The van der Waals surface area contributed by atoms with Gasteiger partial charge in [0.15, 0.2) is 0 Å². The van der Waals surface area contributed by atoms with Gasteiger partial charge in [0.05, 0.1) is 18.0 Å². The minimum Gasteiger partial charge on any atom is -0.497 e. The van der Waals surface area contributed by atoms with E-state index in [1.165, 1.54) is 6.33 Å². The summed E-state index contributed by atoms with van der Waals surface area (Å²) in [5.74, 6) is -0.335. The number of benzene rings is 1. The van der Waals surface area contributed by atoms with E-state index < -0.39 is 16.8 Å². The molecule has 0 atom stereocenters. The highest BCUT2D eigenvalue weighted by Gasteiger charge is 2.31. The minimum atomic E-state index is -0.839. The summed E-state index contributed by atoms with van der Waals surface area (Å²) in [5, 5.41) is 23.7. The zero-order valence-electron chi connectivity index (χ0n) is 14.7. The molecular weight excluding hydrogens is 354 g/mol. The molecule has 10 heteroatoms. The zero-order valence-corrected chi connectivity index (χ0v) is 14.7. The summed E-state index contributed by atoms with van der Waals surface area (Å²) in [5.41, 5.74) is 0.384. The molecule has 142 valence electrons. The smallest absolute Gasteiger partial charge is 0.353 e. The number of methoxy groups -OCH3 is 1. The van der Waals surface area contributed by atoms with Crippen LogP contribution in [0, 0.1) is 16.0 Å². The molecule has 3 rings (SSSR count). The largest absolute Gasteiger partial charge is 0.497 e. The average molecular weight is 373 g/mol. The Labute approximate surface area is 155 Å². The van der Waals surface area contributed by atoms with Crippen molar-refractivity contribution in [1.82, 2.24) is 9.97 Å². The number of carboxylic acids is 1. The van der Waals surface area contributed by atoms with Crippen LogP contribution in [0.15, 0.2) is 30.6 Å². The fourth-order valence-electron chi connectivity index (χ4n) is 3.01. The van der Waals surface area contributed by atoms with Gasteiger partial charge in [-0.25, -0.2) is 9.97 Å². The number of nitrogens with zero attached hydrogens (tertiary/aromatic N) is 4. The zero-order chi connectivity index (χ0) is 19.4. The van der Waals surface area contributed by atoms with Crippen molar-refractivity contribution in [2.75, 3.05) is 30.4 Å². The van der Waals surface area contributed by atoms with Gasteiger partial charge in [0.25, 0.3) is 0 Å². The molecule has 1 aromatic carbocycles. The molecule has 10 nitrogen and oxygen atoms in total. The molecule has 0 spiro atoms. The lowest BCUT2D eigenvalue weighted by atomic mass is 9.97. The van der Waals surface area contributed by atoms with Crippen LogP contribution in [0.2, 0.25) is 0 Å². The first-order valence-electron chi connectivity index (χ1n) is 8.38. The third-order valence-electron chi connectivity index (χ3n) is 4.48. The molecule has 0 saturated carbocycles. The molecule has 2 aromatic rings. The molecule has 27 heavy (non-hydrogen) atoms. The number of carboxylic acid groups (broad SMARTS) is 1. The molecule has 1 fully saturated rings. The van der Waals surface area contributed by atoms with Gasteiger partial charge in [-0.3, -0.25) is 14.9 Å². The number of rotatable bonds is 6. The SMILES string of the molecule is COc1ccc(Nc2ncnc(N3CCC(C(=O)O)CC3)c2[N+](=O)[O-])cc1. The van der Waals surface area contributed by atoms with Gasteiger partial charge in [-0.05, 0) is 37.1 Å². The number of hydrogen-bond acceptors (Lipinski definition) is 8. The van der Waals surface area contributed by atoms with Crippen molar-refractivity contribution in [3.8, 4) is 5.75 Å². The van der Waals surface area contributed by atoms with Crippen LogP contribution in [-0.2, 0) is 4.79 Å². The number of carbonyl (C=O) groups is 1. The maximum atomic E-state index is 11.7. The Morgan fingerprint density at radius 2 is 1.96 bits per heavy atom. The highest BCUT2D eigenvalue weighted by Crippen LogP contribution is 2.35. The summed E-state index contributed by atoms with van der Waals surface area (Å²) in [6.45, 7) is 0.771. The van der Waals surface area contributed by atoms with Gasteiger partial charge in [0.1, 0.15) is 12.1 Å². The van der Waals surface area contributed by atoms with E-state index in [9.17, 15) is 14.9 Å². The Morgan fingerprint density at radius 3 is 2.52 bits per heavy atom. The lowest BCUT2D eigenvalue weighted by Gasteiger charge is -2.30. The first-order valence-corrected chi connectivity index (χ1v) is 8.38. The van der Waals surface area contributed by atoms with Crippen molar-refractivity contribution in [2.45, 2.75) is 12.8 Å². The maximum Gasteiger partial charge on any atom is 0.353 e. The second kappa shape index (κ2) is 7.85. The van der Waals surface area contributed by atoms with Gasteiger partial charge in [0.2, 0.25) is 11.6 Å². The van der Waals surface area contributed by atoms with Gasteiger partial charge in [0, 0.05) is 18.8 Å². The summed E-state index contributed by atoms with van der Waals surface area (Å²) < 4.78 is 5.10. The van der Waals surface area contributed by atoms with Crippen LogP contribution < -0.4 is 15.0 Å². The Kier molecular flexibility index (Phi) is 5.34. The van der Waals surface area contributed by atoms with Gasteiger partial charge in [-0.1, -0.05) is 0 Å². The quantitative estimate of drug-likeness (QED) is 0.579. The molecule has 0 bridgehead atoms. The van der Waals surface area contributed by atoms with Crippen molar-refractivity contribution in [3.63, 3.8) is 0 Å². The minimum absolute atomic E-state index is 0.0792. The van der Waals surface area contributed by atoms with Crippen LogP contribution in [0.4, 0.5) is 23.0 Å². The van der Waals surface area contributed by atoms with Gasteiger partial charge < -0.3 is 20.1 Å². The van der Waals surface area contributed by atoms with Crippen LogP contribution in [0.3, 0.4) is 0 Å². The topological polar surface area (TPSA) is 131 Å². The van der Waals surface area contributed by atoms with Crippen molar-refractivity contribution in [3.05, 3.63) is 40.7 Å². The number of nitro groups is 1. The van der Waals surface area contributed by atoms with Gasteiger partial charge >= 0.3 is 11.7 Å². The first-order chi connectivity index (χ1) is 13.0. The monoisotopic (exact) mass is 373 g/mol. The number of nitrogens with one attached hydrogen (secondary N) is 1. The van der Waals surface area contributed by atoms with E-state index in [0.29, 0.717) is 37.4 Å². The molecule has 1 aromatic heterocycles. The third-order valence-corrected chi connectivity index (χ3v) is 4.48. The van der Waals surface area contributed by atoms with E-state index in [-0.39, 0.29) is 17.3 Å². The molecule has 1 aliphatic heterocycles. The predicted molar refractivity (Wildman–Crippen MR) is 97.5 cm³/mol. The average Bonchev–Trinajstić information content (AvgIpc) is 2.68. The van der Waals surface area contributed by atoms with Crippen LogP contribution in [0.5, 0.6) is 5.75 Å². The number of aliphatic carboxylic acids is 1. The van der Waals surface area contributed by atoms with Crippen LogP contribution in [0.25, 0.3) is 0 Å². The van der Waals surface area contributed by atoms with Crippen LogP contribution >= 0.6 is 0 Å². The Morgan fingerprint density at radius 1 is 1.30 bits per heavy atom. The summed E-state index contributed by atoms with van der Waals surface area (Å²) >= 11 is 0. The lowest BCUT2D eigenvalue weighted by Crippen LogP contribution is -2.37. The Balaban J connectivity index is 1.86. The first kappa shape index (κ1) is 18.4. The van der Waals surface area contributed by atoms with Crippen molar-refractivity contribution in [1.29, 1.82) is 0 Å². The Hall–Kier alpha value is -3.43. The molecule has 0 aliphatic carbocycles. The summed E-state index contributed by atoms with van der Waals surface area (Å²) in [7, 11) is 1.55. The van der Waals surface area contributed by atoms with Crippen molar-refractivity contribution >= 4 is 29.0 Å². The number of aromatic nitrogens is 2. The second-order valence-corrected chi connectivity index (χ2v) is 6.10. The lowest BCUT2D eigenvalue weighted by molar-refractivity contribution is -0.383. The summed E-state index contributed by atoms with van der Waals surface area (Å²) in [4.78, 5) is 32.1. The van der Waals surface area contributed by atoms with E-state index in [1.807, 2.05) is 0 Å². The van der Waals surface area contributed by atoms with Crippen LogP contribution in [0.1, 0.15) is 12.8 Å². The van der Waals surface area contributed by atoms with Crippen molar-refractivity contribution in [2.24, 2.45) is 5.92 Å².